The van der Waals surface area contributed by atoms with Gasteiger partial charge in [-0.3, -0.25) is 4.79 Å². The minimum Gasteiger partial charge on any atom is -0.494 e. The number of rotatable bonds is 6. The number of amides is 1. The number of ether oxygens (including phenoxy) is 1. The number of hydrogen-bond acceptors (Lipinski definition) is 4. The van der Waals surface area contributed by atoms with Crippen LogP contribution in [0.1, 0.15) is 34.9 Å². The molecule has 146 valence electrons. The molecule has 1 atom stereocenters. The Morgan fingerprint density at radius 1 is 1.41 bits per heavy atom. The summed E-state index contributed by atoms with van der Waals surface area (Å²) in [6.45, 7) is 3.09. The maximum absolute atomic E-state index is 14.0. The summed E-state index contributed by atoms with van der Waals surface area (Å²) in [5.41, 5.74) is 0.352. The smallest absolute Gasteiger partial charge is 0.253 e. The summed E-state index contributed by atoms with van der Waals surface area (Å²) >= 11 is 0. The number of carbonyl (C=O) groups excluding carboxylic acids is 1. The van der Waals surface area contributed by atoms with Crippen molar-refractivity contribution < 1.29 is 13.9 Å². The Balaban J connectivity index is 1.72. The van der Waals surface area contributed by atoms with Crippen LogP contribution in [0.3, 0.4) is 0 Å². The number of benzene rings is 1. The zero-order chi connectivity index (χ0) is 19.4. The molecular weight excluding hydrogens is 347 g/mol. The summed E-state index contributed by atoms with van der Waals surface area (Å²) < 4.78 is 21.1. The molecule has 1 aromatic heterocycles. The molecule has 0 saturated carbocycles. The Morgan fingerprint density at radius 3 is 2.93 bits per heavy atom. The second kappa shape index (κ2) is 8.52. The van der Waals surface area contributed by atoms with Crippen LogP contribution in [-0.2, 0) is 6.54 Å². The van der Waals surface area contributed by atoms with E-state index >= 15 is 0 Å². The van der Waals surface area contributed by atoms with E-state index in [0.717, 1.165) is 31.8 Å². The van der Waals surface area contributed by atoms with Gasteiger partial charge in [0.05, 0.1) is 7.11 Å². The van der Waals surface area contributed by atoms with E-state index in [1.807, 2.05) is 26.5 Å². The van der Waals surface area contributed by atoms with E-state index < -0.39 is 5.82 Å². The van der Waals surface area contributed by atoms with Crippen molar-refractivity contribution in [2.45, 2.75) is 25.3 Å². The van der Waals surface area contributed by atoms with Crippen LogP contribution in [0.5, 0.6) is 5.75 Å². The SMILES string of the molecule is COc1ccc(C(=O)N2CCC[C@H](c3nccn3CCN(C)C)C2)cc1F. The first-order valence-electron chi connectivity index (χ1n) is 9.28. The van der Waals surface area contributed by atoms with Crippen molar-refractivity contribution in [1.82, 2.24) is 19.4 Å². The van der Waals surface area contributed by atoms with Crippen molar-refractivity contribution in [3.05, 3.63) is 47.8 Å². The largest absolute Gasteiger partial charge is 0.494 e. The molecule has 0 N–H and O–H groups in total. The fraction of sp³-hybridized carbons (Fsp3) is 0.500. The lowest BCUT2D eigenvalue weighted by molar-refractivity contribution is 0.0702. The van der Waals surface area contributed by atoms with E-state index in [4.69, 9.17) is 4.74 Å². The molecular formula is C20H27FN4O2. The van der Waals surface area contributed by atoms with E-state index in [-0.39, 0.29) is 17.6 Å². The average Bonchev–Trinajstić information content (AvgIpc) is 3.14. The van der Waals surface area contributed by atoms with Crippen molar-refractivity contribution in [2.75, 3.05) is 40.8 Å². The van der Waals surface area contributed by atoms with Gasteiger partial charge in [-0.05, 0) is 45.1 Å². The Kier molecular flexibility index (Phi) is 6.11. The summed E-state index contributed by atoms with van der Waals surface area (Å²) in [4.78, 5) is 21.3. The van der Waals surface area contributed by atoms with Gasteiger partial charge in [-0.15, -0.1) is 0 Å². The Morgan fingerprint density at radius 2 is 2.22 bits per heavy atom. The highest BCUT2D eigenvalue weighted by molar-refractivity contribution is 5.94. The van der Waals surface area contributed by atoms with Gasteiger partial charge in [0.15, 0.2) is 11.6 Å². The molecule has 1 aliphatic heterocycles. The minimum atomic E-state index is -0.517. The third-order valence-corrected chi connectivity index (χ3v) is 5.01. The first-order valence-corrected chi connectivity index (χ1v) is 9.28. The summed E-state index contributed by atoms with van der Waals surface area (Å²) in [7, 11) is 5.50. The van der Waals surface area contributed by atoms with Gasteiger partial charge in [-0.1, -0.05) is 0 Å². The van der Waals surface area contributed by atoms with Gasteiger partial charge >= 0.3 is 0 Å². The molecule has 0 bridgehead atoms. The topological polar surface area (TPSA) is 50.6 Å². The van der Waals surface area contributed by atoms with Gasteiger partial charge in [0.1, 0.15) is 5.82 Å². The van der Waals surface area contributed by atoms with Crippen LogP contribution >= 0.6 is 0 Å². The summed E-state index contributed by atoms with van der Waals surface area (Å²) in [5.74, 6) is 0.702. The highest BCUT2D eigenvalue weighted by Gasteiger charge is 2.28. The lowest BCUT2D eigenvalue weighted by Gasteiger charge is -2.33. The Labute approximate surface area is 159 Å². The number of carbonyl (C=O) groups is 1. The lowest BCUT2D eigenvalue weighted by Crippen LogP contribution is -2.40. The molecule has 0 aliphatic carbocycles. The van der Waals surface area contributed by atoms with Gasteiger partial charge in [0.25, 0.3) is 5.91 Å². The molecule has 1 saturated heterocycles. The minimum absolute atomic E-state index is 0.144. The molecule has 0 unspecified atom stereocenters. The molecule has 1 aromatic carbocycles. The van der Waals surface area contributed by atoms with Crippen LogP contribution in [-0.4, -0.2) is 66.1 Å². The van der Waals surface area contributed by atoms with Gasteiger partial charge in [-0.2, -0.15) is 0 Å². The van der Waals surface area contributed by atoms with Gasteiger partial charge in [-0.25, -0.2) is 9.37 Å². The zero-order valence-corrected chi connectivity index (χ0v) is 16.2. The normalized spacial score (nSPS) is 17.4. The van der Waals surface area contributed by atoms with Crippen LogP contribution in [0.4, 0.5) is 4.39 Å². The van der Waals surface area contributed by atoms with Crippen molar-refractivity contribution in [2.24, 2.45) is 0 Å². The fourth-order valence-electron chi connectivity index (χ4n) is 3.53. The van der Waals surface area contributed by atoms with Crippen LogP contribution in [0, 0.1) is 5.82 Å². The highest BCUT2D eigenvalue weighted by atomic mass is 19.1. The number of halogens is 1. The number of likely N-dealkylation sites (N-methyl/N-ethyl adjacent to an activating group) is 1. The van der Waals surface area contributed by atoms with E-state index in [2.05, 4.69) is 14.5 Å². The third kappa shape index (κ3) is 4.47. The van der Waals surface area contributed by atoms with Gasteiger partial charge < -0.3 is 19.1 Å². The molecule has 1 amide bonds. The predicted molar refractivity (Wildman–Crippen MR) is 102 cm³/mol. The molecule has 1 aliphatic rings. The van der Waals surface area contributed by atoms with E-state index in [0.29, 0.717) is 18.7 Å². The number of piperidine rings is 1. The molecule has 2 aromatic rings. The summed E-state index contributed by atoms with van der Waals surface area (Å²) in [5, 5.41) is 0. The zero-order valence-electron chi connectivity index (χ0n) is 16.2. The molecule has 27 heavy (non-hydrogen) atoms. The summed E-state index contributed by atoms with van der Waals surface area (Å²) in [6.07, 6.45) is 5.73. The van der Waals surface area contributed by atoms with E-state index in [9.17, 15) is 9.18 Å². The molecule has 0 radical (unpaired) electrons. The fourth-order valence-corrected chi connectivity index (χ4v) is 3.53. The molecule has 3 rings (SSSR count). The quantitative estimate of drug-likeness (QED) is 0.780. The van der Waals surface area contributed by atoms with Gasteiger partial charge in [0, 0.05) is 50.1 Å². The van der Waals surface area contributed by atoms with Crippen molar-refractivity contribution in [3.63, 3.8) is 0 Å². The second-order valence-corrected chi connectivity index (χ2v) is 7.22. The number of nitrogens with zero attached hydrogens (tertiary/aromatic N) is 4. The number of methoxy groups -OCH3 is 1. The van der Waals surface area contributed by atoms with Crippen LogP contribution in [0.2, 0.25) is 0 Å². The third-order valence-electron chi connectivity index (χ3n) is 5.01. The second-order valence-electron chi connectivity index (χ2n) is 7.22. The first kappa shape index (κ1) is 19.4. The Bertz CT molecular complexity index is 790. The summed E-state index contributed by atoms with van der Waals surface area (Å²) in [6, 6.07) is 4.37. The van der Waals surface area contributed by atoms with E-state index in [1.165, 1.54) is 19.2 Å². The number of likely N-dealkylation sites (tertiary alicyclic amines) is 1. The Hall–Kier alpha value is -2.41. The monoisotopic (exact) mass is 374 g/mol. The molecule has 6 nitrogen and oxygen atoms in total. The highest BCUT2D eigenvalue weighted by Crippen LogP contribution is 2.27. The maximum Gasteiger partial charge on any atom is 0.253 e. The van der Waals surface area contributed by atoms with E-state index in [1.54, 1.807) is 11.0 Å². The average molecular weight is 374 g/mol. The lowest BCUT2D eigenvalue weighted by atomic mass is 9.96. The van der Waals surface area contributed by atoms with Gasteiger partial charge in [0.2, 0.25) is 0 Å². The van der Waals surface area contributed by atoms with Crippen molar-refractivity contribution >= 4 is 5.91 Å². The molecule has 1 fully saturated rings. The predicted octanol–water partition coefficient (Wildman–Crippen LogP) is 2.61. The van der Waals surface area contributed by atoms with Crippen molar-refractivity contribution in [3.8, 4) is 5.75 Å². The molecule has 7 heteroatoms. The molecule has 2 heterocycles. The standard InChI is InChI=1S/C20H27FN4O2/c1-23(2)11-12-24-10-8-22-19(24)16-5-4-9-25(14-16)20(26)15-6-7-18(27-3)17(21)13-15/h6-8,10,13,16H,4-5,9,11-12,14H2,1-3H3/t16-/m0/s1. The van der Waals surface area contributed by atoms with Crippen LogP contribution in [0.25, 0.3) is 0 Å². The van der Waals surface area contributed by atoms with Crippen LogP contribution < -0.4 is 4.74 Å². The number of aromatic nitrogens is 2. The first-order chi connectivity index (χ1) is 13.0. The maximum atomic E-state index is 14.0. The van der Waals surface area contributed by atoms with Crippen LogP contribution in [0.15, 0.2) is 30.6 Å². The number of hydrogen-bond donors (Lipinski definition) is 0. The molecule has 0 spiro atoms. The van der Waals surface area contributed by atoms with Crippen molar-refractivity contribution in [1.29, 1.82) is 0 Å². The number of imidazole rings is 1.